The van der Waals surface area contributed by atoms with Crippen LogP contribution in [0.3, 0.4) is 0 Å². The third kappa shape index (κ3) is 7.51. The topological polar surface area (TPSA) is 44.8 Å². The Hall–Kier alpha value is -1.79. The third-order valence-electron chi connectivity index (χ3n) is 5.51. The Bertz CT molecular complexity index is 726. The minimum atomic E-state index is -1.97. The predicted octanol–water partition coefficient (Wildman–Crippen LogP) is 5.38. The van der Waals surface area contributed by atoms with E-state index in [1.807, 2.05) is 60.7 Å². The van der Waals surface area contributed by atoms with Crippen molar-refractivity contribution in [2.45, 2.75) is 64.3 Å². The predicted molar refractivity (Wildman–Crippen MR) is 119 cm³/mol. The first-order valence-corrected chi connectivity index (χ1v) is 13.0. The molecule has 0 bridgehead atoms. The highest BCUT2D eigenvalue weighted by Crippen LogP contribution is 2.36. The molecular weight excluding hydrogens is 380 g/mol. The summed E-state index contributed by atoms with van der Waals surface area (Å²) in [5.41, 5.74) is 2.07. The van der Waals surface area contributed by atoms with Crippen molar-refractivity contribution in [2.75, 3.05) is 6.61 Å². The van der Waals surface area contributed by atoms with Crippen LogP contribution in [0.1, 0.15) is 31.9 Å². The van der Waals surface area contributed by atoms with Gasteiger partial charge in [-0.1, -0.05) is 81.4 Å². The molecule has 0 radical (unpaired) electrons. The van der Waals surface area contributed by atoms with Gasteiger partial charge in [0.15, 0.2) is 14.6 Å². The lowest BCUT2D eigenvalue weighted by Crippen LogP contribution is -2.46. The average Bonchev–Trinajstić information content (AvgIpc) is 2.70. The molecule has 0 unspecified atom stereocenters. The van der Waals surface area contributed by atoms with Crippen molar-refractivity contribution in [1.82, 2.24) is 0 Å². The molecule has 0 aliphatic heterocycles. The van der Waals surface area contributed by atoms with Gasteiger partial charge >= 0.3 is 0 Å². The quantitative estimate of drug-likeness (QED) is 0.366. The summed E-state index contributed by atoms with van der Waals surface area (Å²) in [4.78, 5) is 11.9. The van der Waals surface area contributed by atoms with Gasteiger partial charge in [-0.05, 0) is 29.3 Å². The highest BCUT2D eigenvalue weighted by atomic mass is 28.4. The van der Waals surface area contributed by atoms with Crippen molar-refractivity contribution in [3.8, 4) is 0 Å². The average molecular weight is 415 g/mol. The lowest BCUT2D eigenvalue weighted by molar-refractivity contribution is -0.136. The first-order chi connectivity index (χ1) is 13.7. The maximum atomic E-state index is 11.9. The highest BCUT2D eigenvalue weighted by molar-refractivity contribution is 6.74. The molecule has 2 aromatic carbocycles. The largest absolute Gasteiger partial charge is 0.414 e. The summed E-state index contributed by atoms with van der Waals surface area (Å²) >= 11 is 0. The number of carbonyl (C=O) groups excluding carboxylic acids is 1. The fraction of sp³-hybridized carbons (Fsp3) is 0.458. The maximum absolute atomic E-state index is 11.9. The van der Waals surface area contributed by atoms with Crippen LogP contribution in [0, 0.1) is 0 Å². The second-order valence-electron chi connectivity index (χ2n) is 8.80. The van der Waals surface area contributed by atoms with Crippen LogP contribution in [-0.2, 0) is 31.9 Å². The fourth-order valence-electron chi connectivity index (χ4n) is 2.52. The van der Waals surface area contributed by atoms with Crippen molar-refractivity contribution in [3.05, 3.63) is 71.8 Å². The van der Waals surface area contributed by atoms with Crippen molar-refractivity contribution >= 4 is 14.6 Å². The van der Waals surface area contributed by atoms with Crippen molar-refractivity contribution in [1.29, 1.82) is 0 Å². The van der Waals surface area contributed by atoms with E-state index in [0.717, 1.165) is 17.4 Å². The molecule has 29 heavy (non-hydrogen) atoms. The van der Waals surface area contributed by atoms with E-state index in [1.54, 1.807) is 0 Å². The lowest BCUT2D eigenvalue weighted by Gasteiger charge is -2.37. The van der Waals surface area contributed by atoms with Gasteiger partial charge in [-0.2, -0.15) is 0 Å². The molecule has 0 saturated carbocycles. The van der Waals surface area contributed by atoms with Gasteiger partial charge in [0.1, 0.15) is 12.2 Å². The van der Waals surface area contributed by atoms with Crippen LogP contribution in [-0.4, -0.2) is 33.4 Å². The van der Waals surface area contributed by atoms with E-state index in [0.29, 0.717) is 19.8 Å². The van der Waals surface area contributed by atoms with Crippen LogP contribution in [0.4, 0.5) is 0 Å². The molecule has 2 rings (SSSR count). The number of rotatable bonds is 11. The Morgan fingerprint density at radius 1 is 0.862 bits per heavy atom. The smallest absolute Gasteiger partial charge is 0.192 e. The van der Waals surface area contributed by atoms with E-state index in [1.165, 1.54) is 0 Å². The number of aldehydes is 1. The van der Waals surface area contributed by atoms with Crippen LogP contribution in [0.5, 0.6) is 0 Å². The van der Waals surface area contributed by atoms with Gasteiger partial charge in [0.05, 0.1) is 19.8 Å². The summed E-state index contributed by atoms with van der Waals surface area (Å²) in [5.74, 6) is 0. The molecule has 158 valence electrons. The molecule has 0 N–H and O–H groups in total. The summed E-state index contributed by atoms with van der Waals surface area (Å²) in [7, 11) is -1.97. The zero-order valence-electron chi connectivity index (χ0n) is 18.3. The monoisotopic (exact) mass is 414 g/mol. The molecule has 0 saturated heterocycles. The number of ether oxygens (including phenoxy) is 2. The number of hydrogen-bond donors (Lipinski definition) is 0. The molecule has 0 spiro atoms. The second kappa shape index (κ2) is 10.8. The lowest BCUT2D eigenvalue weighted by atomic mass is 10.2. The summed E-state index contributed by atoms with van der Waals surface area (Å²) in [6.45, 7) is 12.1. The first kappa shape index (κ1) is 23.5. The van der Waals surface area contributed by atoms with Gasteiger partial charge in [0.2, 0.25) is 0 Å². The molecule has 0 aliphatic rings. The highest BCUT2D eigenvalue weighted by Gasteiger charge is 2.38. The zero-order chi connectivity index (χ0) is 21.3. The van der Waals surface area contributed by atoms with E-state index in [9.17, 15) is 4.79 Å². The summed E-state index contributed by atoms with van der Waals surface area (Å²) in [6, 6.07) is 19.8. The van der Waals surface area contributed by atoms with Gasteiger partial charge in [-0.3, -0.25) is 0 Å². The second-order valence-corrected chi connectivity index (χ2v) is 13.6. The molecule has 0 fully saturated rings. The Morgan fingerprint density at radius 3 is 1.79 bits per heavy atom. The Morgan fingerprint density at radius 2 is 1.34 bits per heavy atom. The number of carbonyl (C=O) groups is 1. The fourth-order valence-corrected chi connectivity index (χ4v) is 3.54. The normalized spacial score (nSPS) is 14.4. The van der Waals surface area contributed by atoms with E-state index in [-0.39, 0.29) is 5.04 Å². The van der Waals surface area contributed by atoms with Gasteiger partial charge in [-0.15, -0.1) is 0 Å². The minimum Gasteiger partial charge on any atom is -0.414 e. The van der Waals surface area contributed by atoms with Crippen molar-refractivity contribution in [2.24, 2.45) is 0 Å². The van der Waals surface area contributed by atoms with Crippen LogP contribution < -0.4 is 0 Å². The maximum Gasteiger partial charge on any atom is 0.192 e. The molecule has 0 aromatic heterocycles. The molecule has 4 nitrogen and oxygen atoms in total. The van der Waals surface area contributed by atoms with Crippen LogP contribution in [0.25, 0.3) is 0 Å². The van der Waals surface area contributed by atoms with Gasteiger partial charge in [0.25, 0.3) is 0 Å². The molecule has 0 aliphatic carbocycles. The molecule has 0 heterocycles. The van der Waals surface area contributed by atoms with Crippen molar-refractivity contribution in [3.63, 3.8) is 0 Å². The van der Waals surface area contributed by atoms with Crippen LogP contribution in [0.2, 0.25) is 18.1 Å². The molecular formula is C24H34O4Si. The Kier molecular flexibility index (Phi) is 8.77. The number of benzene rings is 2. The summed E-state index contributed by atoms with van der Waals surface area (Å²) in [5, 5.41) is 0.0819. The van der Waals surface area contributed by atoms with Crippen molar-refractivity contribution < 1.29 is 18.7 Å². The molecule has 2 atom stereocenters. The van der Waals surface area contributed by atoms with Crippen LogP contribution in [0.15, 0.2) is 60.7 Å². The van der Waals surface area contributed by atoms with Gasteiger partial charge < -0.3 is 18.7 Å². The van der Waals surface area contributed by atoms with E-state index in [2.05, 4.69) is 33.9 Å². The summed E-state index contributed by atoms with van der Waals surface area (Å²) in [6.07, 6.45) is -0.331. The first-order valence-electron chi connectivity index (χ1n) is 10.1. The van der Waals surface area contributed by atoms with E-state index < -0.39 is 20.5 Å². The van der Waals surface area contributed by atoms with Crippen LogP contribution >= 0.6 is 0 Å². The molecule has 2 aromatic rings. The third-order valence-corrected chi connectivity index (χ3v) is 10.0. The Balaban J connectivity index is 2.07. The molecule has 0 amide bonds. The van der Waals surface area contributed by atoms with Gasteiger partial charge in [0, 0.05) is 0 Å². The SMILES string of the molecule is CC(C)(C)[Si](C)(C)OC[C@@H](OCc1ccccc1)[C@H](C=O)OCc1ccccc1. The summed E-state index contributed by atoms with van der Waals surface area (Å²) < 4.78 is 18.4. The minimum absolute atomic E-state index is 0.0819. The van der Waals surface area contributed by atoms with Gasteiger partial charge in [-0.25, -0.2) is 0 Å². The zero-order valence-corrected chi connectivity index (χ0v) is 19.3. The Labute approximate surface area is 176 Å². The standard InChI is InChI=1S/C24H34O4Si/c1-24(2,3)29(4,5)28-19-23(27-18-21-14-10-7-11-15-21)22(16-25)26-17-20-12-8-6-9-13-20/h6-16,22-23H,17-19H2,1-5H3/t22-,23+/m0/s1. The number of hydrogen-bond acceptors (Lipinski definition) is 4. The van der Waals surface area contributed by atoms with E-state index in [4.69, 9.17) is 13.9 Å². The molecule has 5 heteroatoms. The van der Waals surface area contributed by atoms with E-state index >= 15 is 0 Å².